The van der Waals surface area contributed by atoms with Gasteiger partial charge in [0, 0.05) is 4.90 Å². The minimum absolute atomic E-state index is 0.0533. The van der Waals surface area contributed by atoms with Crippen LogP contribution in [-0.2, 0) is 4.79 Å². The van der Waals surface area contributed by atoms with Crippen LogP contribution in [0.4, 0.5) is 10.1 Å². The van der Waals surface area contributed by atoms with E-state index >= 15 is 0 Å². The molecule has 0 spiro atoms. The topological polar surface area (TPSA) is 55.1 Å². The number of amides is 1. The summed E-state index contributed by atoms with van der Waals surface area (Å²) in [5.41, 5.74) is 6.57. The number of anilines is 1. The quantitative estimate of drug-likeness (QED) is 0.658. The van der Waals surface area contributed by atoms with Crippen LogP contribution in [0.15, 0.2) is 53.4 Å². The summed E-state index contributed by atoms with van der Waals surface area (Å²) in [6.45, 7) is 1.93. The number of nitrogen functional groups attached to an aromatic ring is 1. The minimum Gasteiger partial charge on any atom is -0.396 e. The summed E-state index contributed by atoms with van der Waals surface area (Å²) in [6, 6.07) is 14.2. The Morgan fingerprint density at radius 1 is 1.29 bits per heavy atom. The van der Waals surface area contributed by atoms with Gasteiger partial charge in [0.25, 0.3) is 0 Å². The molecule has 0 aliphatic heterocycles. The van der Waals surface area contributed by atoms with Crippen molar-refractivity contribution in [2.75, 3.05) is 11.5 Å². The molecule has 0 aliphatic carbocycles. The molecule has 5 heteroatoms. The molecule has 0 fully saturated rings. The van der Waals surface area contributed by atoms with E-state index in [1.165, 1.54) is 23.9 Å². The fourth-order valence-corrected chi connectivity index (χ4v) is 2.59. The van der Waals surface area contributed by atoms with Crippen molar-refractivity contribution in [3.63, 3.8) is 0 Å². The number of carbonyl (C=O) groups excluding carboxylic acids is 1. The molecule has 0 aromatic heterocycles. The van der Waals surface area contributed by atoms with Crippen LogP contribution >= 0.6 is 11.8 Å². The molecule has 3 N–H and O–H groups in total. The van der Waals surface area contributed by atoms with E-state index in [-0.39, 0.29) is 23.4 Å². The van der Waals surface area contributed by atoms with Gasteiger partial charge in [0.15, 0.2) is 0 Å². The maximum atomic E-state index is 13.3. The molecule has 0 saturated carbocycles. The molecule has 2 rings (SSSR count). The molecule has 0 heterocycles. The normalized spacial score (nSPS) is 11.9. The molecule has 110 valence electrons. The van der Waals surface area contributed by atoms with Crippen molar-refractivity contribution in [2.45, 2.75) is 17.9 Å². The molecule has 21 heavy (non-hydrogen) atoms. The Morgan fingerprint density at radius 3 is 2.67 bits per heavy atom. The molecule has 0 radical (unpaired) electrons. The third kappa shape index (κ3) is 4.49. The second-order valence-corrected chi connectivity index (χ2v) is 5.72. The van der Waals surface area contributed by atoms with Gasteiger partial charge in [-0.05, 0) is 30.7 Å². The number of hydrogen-bond donors (Lipinski definition) is 2. The van der Waals surface area contributed by atoms with E-state index in [1.807, 2.05) is 37.3 Å². The first-order valence-corrected chi connectivity index (χ1v) is 7.57. The Morgan fingerprint density at radius 2 is 2.00 bits per heavy atom. The summed E-state index contributed by atoms with van der Waals surface area (Å²) in [4.78, 5) is 12.6. The van der Waals surface area contributed by atoms with E-state index in [9.17, 15) is 9.18 Å². The molecule has 1 atom stereocenters. The Labute approximate surface area is 127 Å². The predicted molar refractivity (Wildman–Crippen MR) is 84.5 cm³/mol. The molecular formula is C16H17FN2OS. The van der Waals surface area contributed by atoms with Crippen molar-refractivity contribution in [2.24, 2.45) is 0 Å². The lowest BCUT2D eigenvalue weighted by Gasteiger charge is -2.14. The zero-order chi connectivity index (χ0) is 15.2. The summed E-state index contributed by atoms with van der Waals surface area (Å²) in [7, 11) is 0. The summed E-state index contributed by atoms with van der Waals surface area (Å²) >= 11 is 1.28. The lowest BCUT2D eigenvalue weighted by atomic mass is 10.1. The molecule has 3 nitrogen and oxygen atoms in total. The number of nitrogens with one attached hydrogen (secondary N) is 1. The first-order valence-electron chi connectivity index (χ1n) is 6.58. The zero-order valence-corrected chi connectivity index (χ0v) is 12.5. The maximum absolute atomic E-state index is 13.3. The largest absolute Gasteiger partial charge is 0.396 e. The van der Waals surface area contributed by atoms with Crippen LogP contribution in [0, 0.1) is 5.82 Å². The number of halogens is 1. The third-order valence-electron chi connectivity index (χ3n) is 3.02. The van der Waals surface area contributed by atoms with Crippen LogP contribution in [0.1, 0.15) is 18.5 Å². The van der Waals surface area contributed by atoms with Gasteiger partial charge >= 0.3 is 0 Å². The molecular weight excluding hydrogens is 287 g/mol. The van der Waals surface area contributed by atoms with Gasteiger partial charge in [0.1, 0.15) is 5.82 Å². The number of carbonyl (C=O) groups is 1. The number of nitrogens with two attached hydrogens (primary N) is 1. The number of benzene rings is 2. The monoisotopic (exact) mass is 304 g/mol. The van der Waals surface area contributed by atoms with Crippen molar-refractivity contribution in [3.8, 4) is 0 Å². The van der Waals surface area contributed by atoms with E-state index in [4.69, 9.17) is 5.73 Å². The zero-order valence-electron chi connectivity index (χ0n) is 11.7. The summed E-state index contributed by atoms with van der Waals surface area (Å²) < 4.78 is 13.3. The van der Waals surface area contributed by atoms with Gasteiger partial charge in [-0.25, -0.2) is 4.39 Å². The van der Waals surface area contributed by atoms with Crippen molar-refractivity contribution in [3.05, 3.63) is 59.9 Å². The summed E-state index contributed by atoms with van der Waals surface area (Å²) in [5.74, 6) is -0.313. The van der Waals surface area contributed by atoms with Gasteiger partial charge < -0.3 is 11.1 Å². The highest BCUT2D eigenvalue weighted by molar-refractivity contribution is 8.00. The average molecular weight is 304 g/mol. The maximum Gasteiger partial charge on any atom is 0.230 e. The summed E-state index contributed by atoms with van der Waals surface area (Å²) in [5, 5.41) is 2.91. The van der Waals surface area contributed by atoms with Gasteiger partial charge in [-0.2, -0.15) is 0 Å². The van der Waals surface area contributed by atoms with Gasteiger partial charge in [-0.15, -0.1) is 11.8 Å². The minimum atomic E-state index is -0.460. The van der Waals surface area contributed by atoms with E-state index in [2.05, 4.69) is 5.32 Å². The van der Waals surface area contributed by atoms with Crippen LogP contribution < -0.4 is 11.1 Å². The van der Waals surface area contributed by atoms with Gasteiger partial charge in [-0.3, -0.25) is 4.79 Å². The first kappa shape index (κ1) is 15.4. The molecule has 0 aliphatic rings. The van der Waals surface area contributed by atoms with Gasteiger partial charge in [0.05, 0.1) is 17.5 Å². The van der Waals surface area contributed by atoms with Gasteiger partial charge in [0.2, 0.25) is 5.91 Å². The predicted octanol–water partition coefficient (Wildman–Crippen LogP) is 3.38. The van der Waals surface area contributed by atoms with Crippen LogP contribution in [0.3, 0.4) is 0 Å². The smallest absolute Gasteiger partial charge is 0.230 e. The van der Waals surface area contributed by atoms with E-state index in [1.54, 1.807) is 6.07 Å². The lowest BCUT2D eigenvalue weighted by molar-refractivity contribution is -0.119. The molecule has 2 aromatic carbocycles. The Hall–Kier alpha value is -2.01. The highest BCUT2D eigenvalue weighted by atomic mass is 32.2. The van der Waals surface area contributed by atoms with Crippen LogP contribution in [-0.4, -0.2) is 11.7 Å². The molecule has 1 amide bonds. The molecule has 0 saturated heterocycles. The van der Waals surface area contributed by atoms with Crippen LogP contribution in [0.5, 0.6) is 0 Å². The van der Waals surface area contributed by atoms with E-state index < -0.39 is 5.82 Å². The molecule has 1 unspecified atom stereocenters. The second kappa shape index (κ2) is 7.13. The Kier molecular flexibility index (Phi) is 5.22. The Bertz CT molecular complexity index is 619. The number of thioether (sulfide) groups is 1. The van der Waals surface area contributed by atoms with Crippen molar-refractivity contribution < 1.29 is 9.18 Å². The highest BCUT2D eigenvalue weighted by Gasteiger charge is 2.10. The lowest BCUT2D eigenvalue weighted by Crippen LogP contribution is -2.28. The highest BCUT2D eigenvalue weighted by Crippen LogP contribution is 2.22. The van der Waals surface area contributed by atoms with Crippen LogP contribution in [0.25, 0.3) is 0 Å². The average Bonchev–Trinajstić information content (AvgIpc) is 2.49. The fourth-order valence-electron chi connectivity index (χ4n) is 1.85. The number of hydrogen-bond acceptors (Lipinski definition) is 3. The fraction of sp³-hybridized carbons (Fsp3) is 0.188. The van der Waals surface area contributed by atoms with E-state index in [0.717, 1.165) is 5.56 Å². The summed E-state index contributed by atoms with van der Waals surface area (Å²) in [6.07, 6.45) is 0. The van der Waals surface area contributed by atoms with Crippen LogP contribution in [0.2, 0.25) is 0 Å². The molecule has 0 bridgehead atoms. The van der Waals surface area contributed by atoms with Gasteiger partial charge in [-0.1, -0.05) is 30.3 Å². The molecule has 2 aromatic rings. The second-order valence-electron chi connectivity index (χ2n) is 4.67. The van der Waals surface area contributed by atoms with Crippen molar-refractivity contribution in [1.29, 1.82) is 0 Å². The third-order valence-corrected chi connectivity index (χ3v) is 4.01. The van der Waals surface area contributed by atoms with E-state index in [0.29, 0.717) is 4.90 Å². The Balaban J connectivity index is 1.86. The van der Waals surface area contributed by atoms with Crippen molar-refractivity contribution in [1.82, 2.24) is 5.32 Å². The van der Waals surface area contributed by atoms with Crippen molar-refractivity contribution >= 4 is 23.4 Å². The standard InChI is InChI=1S/C16H17FN2OS/c1-11(12-5-3-2-4-6-12)19-16(20)10-21-13-7-8-15(18)14(17)9-13/h2-9,11H,10,18H2,1H3,(H,19,20). The number of rotatable bonds is 5. The first-order chi connectivity index (χ1) is 10.1. The SMILES string of the molecule is CC(NC(=O)CSc1ccc(N)c(F)c1)c1ccccc1.